The minimum atomic E-state index is 0.388. The van der Waals surface area contributed by atoms with E-state index in [0.29, 0.717) is 6.61 Å². The molecule has 0 amide bonds. The third-order valence-corrected chi connectivity index (χ3v) is 2.99. The number of halogens is 1. The number of pyridine rings is 1. The lowest BCUT2D eigenvalue weighted by Gasteiger charge is -2.12. The van der Waals surface area contributed by atoms with Gasteiger partial charge in [-0.1, -0.05) is 11.6 Å². The second kappa shape index (κ2) is 5.91. The molecular formula is C14H16ClN3O. The fourth-order valence-electron chi connectivity index (χ4n) is 1.92. The number of anilines is 1. The van der Waals surface area contributed by atoms with Crippen molar-refractivity contribution in [2.45, 2.75) is 20.5 Å². The van der Waals surface area contributed by atoms with Crippen molar-refractivity contribution in [3.63, 3.8) is 0 Å². The maximum atomic E-state index is 5.99. The van der Waals surface area contributed by atoms with Crippen LogP contribution in [0.1, 0.15) is 16.8 Å². The predicted molar refractivity (Wildman–Crippen MR) is 77.3 cm³/mol. The maximum Gasteiger partial charge on any atom is 0.130 e. The Morgan fingerprint density at radius 1 is 1.26 bits per heavy atom. The van der Waals surface area contributed by atoms with Gasteiger partial charge in [-0.05, 0) is 49.2 Å². The van der Waals surface area contributed by atoms with E-state index in [4.69, 9.17) is 22.2 Å². The molecule has 0 spiro atoms. The number of hydrogen-bond donors (Lipinski definition) is 2. The van der Waals surface area contributed by atoms with Crippen LogP contribution in [0.3, 0.4) is 0 Å². The molecule has 3 N–H and O–H groups in total. The van der Waals surface area contributed by atoms with E-state index in [2.05, 4.69) is 10.4 Å². The third kappa shape index (κ3) is 3.36. The predicted octanol–water partition coefficient (Wildman–Crippen LogP) is 3.22. The van der Waals surface area contributed by atoms with Gasteiger partial charge in [0.15, 0.2) is 0 Å². The van der Waals surface area contributed by atoms with Crippen molar-refractivity contribution in [2.24, 2.45) is 5.84 Å². The van der Waals surface area contributed by atoms with Crippen LogP contribution >= 0.6 is 11.6 Å². The van der Waals surface area contributed by atoms with Crippen LogP contribution in [-0.2, 0) is 6.61 Å². The van der Waals surface area contributed by atoms with Gasteiger partial charge in [-0.15, -0.1) is 0 Å². The number of rotatable bonds is 4. The first-order valence-corrected chi connectivity index (χ1v) is 6.29. The minimum Gasteiger partial charge on any atom is -0.487 e. The van der Waals surface area contributed by atoms with Crippen LogP contribution in [0.4, 0.5) is 5.69 Å². The van der Waals surface area contributed by atoms with Gasteiger partial charge in [0.05, 0.1) is 11.4 Å². The van der Waals surface area contributed by atoms with Gasteiger partial charge in [-0.2, -0.15) is 0 Å². The molecule has 0 atom stereocenters. The monoisotopic (exact) mass is 277 g/mol. The molecule has 0 aliphatic heterocycles. The molecule has 0 saturated carbocycles. The first-order chi connectivity index (χ1) is 9.10. The van der Waals surface area contributed by atoms with Crippen LogP contribution in [0.2, 0.25) is 5.02 Å². The number of nitrogen functional groups attached to an aromatic ring is 1. The van der Waals surface area contributed by atoms with Gasteiger partial charge in [0.1, 0.15) is 12.4 Å². The van der Waals surface area contributed by atoms with Crippen molar-refractivity contribution >= 4 is 17.3 Å². The van der Waals surface area contributed by atoms with E-state index in [0.717, 1.165) is 33.3 Å². The number of benzene rings is 1. The molecule has 0 saturated heterocycles. The number of hydrazine groups is 1. The van der Waals surface area contributed by atoms with Crippen LogP contribution in [0.15, 0.2) is 30.5 Å². The quantitative estimate of drug-likeness (QED) is 0.665. The van der Waals surface area contributed by atoms with E-state index in [1.807, 2.05) is 32.0 Å². The van der Waals surface area contributed by atoms with Gasteiger partial charge in [0.2, 0.25) is 0 Å². The smallest absolute Gasteiger partial charge is 0.130 e. The van der Waals surface area contributed by atoms with E-state index in [1.165, 1.54) is 0 Å². The molecule has 2 aromatic rings. The summed E-state index contributed by atoms with van der Waals surface area (Å²) >= 11 is 5.99. The average Bonchev–Trinajstić information content (AvgIpc) is 2.37. The van der Waals surface area contributed by atoms with Gasteiger partial charge in [0.25, 0.3) is 0 Å². The summed E-state index contributed by atoms with van der Waals surface area (Å²) in [6, 6.07) is 7.41. The fourth-order valence-corrected chi connectivity index (χ4v) is 2.25. The molecule has 0 radical (unpaired) electrons. The Morgan fingerprint density at radius 3 is 2.58 bits per heavy atom. The molecular weight excluding hydrogens is 262 g/mol. The van der Waals surface area contributed by atoms with Crippen molar-refractivity contribution in [1.29, 1.82) is 0 Å². The van der Waals surface area contributed by atoms with Gasteiger partial charge >= 0.3 is 0 Å². The van der Waals surface area contributed by atoms with Crippen molar-refractivity contribution < 1.29 is 4.74 Å². The molecule has 1 aromatic heterocycles. The van der Waals surface area contributed by atoms with Crippen molar-refractivity contribution in [3.8, 4) is 5.75 Å². The Hall–Kier alpha value is -1.78. The maximum absolute atomic E-state index is 5.99. The molecule has 0 bridgehead atoms. The molecule has 5 heteroatoms. The highest BCUT2D eigenvalue weighted by Gasteiger charge is 2.06. The Morgan fingerprint density at radius 2 is 1.95 bits per heavy atom. The molecule has 4 nitrogen and oxygen atoms in total. The second-order valence-electron chi connectivity index (χ2n) is 4.34. The highest BCUT2D eigenvalue weighted by atomic mass is 35.5. The number of nitrogens with zero attached hydrogens (tertiary/aromatic N) is 1. The molecule has 100 valence electrons. The standard InChI is InChI=1S/C14H16ClN3O/c1-9-5-11(15)6-10(2)14(9)19-8-13-7-12(18-16)3-4-17-13/h3-7H,8,16H2,1-2H3,(H,17,18). The topological polar surface area (TPSA) is 60.2 Å². The summed E-state index contributed by atoms with van der Waals surface area (Å²) < 4.78 is 5.82. The summed E-state index contributed by atoms with van der Waals surface area (Å²) in [7, 11) is 0. The molecule has 0 fully saturated rings. The first kappa shape index (κ1) is 13.6. The third-order valence-electron chi connectivity index (χ3n) is 2.77. The summed E-state index contributed by atoms with van der Waals surface area (Å²) in [6.45, 7) is 4.33. The van der Waals surface area contributed by atoms with E-state index >= 15 is 0 Å². The van der Waals surface area contributed by atoms with Crippen LogP contribution in [0.5, 0.6) is 5.75 Å². The zero-order valence-corrected chi connectivity index (χ0v) is 11.7. The zero-order valence-electron chi connectivity index (χ0n) is 10.9. The van der Waals surface area contributed by atoms with Gasteiger partial charge in [-0.25, -0.2) is 0 Å². The van der Waals surface area contributed by atoms with Crippen molar-refractivity contribution in [2.75, 3.05) is 5.43 Å². The van der Waals surface area contributed by atoms with Crippen LogP contribution in [0.25, 0.3) is 0 Å². The van der Waals surface area contributed by atoms with E-state index in [-0.39, 0.29) is 0 Å². The Kier molecular flexibility index (Phi) is 4.24. The van der Waals surface area contributed by atoms with Gasteiger partial charge in [0, 0.05) is 11.2 Å². The van der Waals surface area contributed by atoms with Crippen LogP contribution < -0.4 is 16.0 Å². The number of aryl methyl sites for hydroxylation is 2. The van der Waals surface area contributed by atoms with Gasteiger partial charge < -0.3 is 10.2 Å². The number of aromatic nitrogens is 1. The summed E-state index contributed by atoms with van der Waals surface area (Å²) in [5.74, 6) is 6.20. The lowest BCUT2D eigenvalue weighted by atomic mass is 10.1. The minimum absolute atomic E-state index is 0.388. The number of nitrogens with two attached hydrogens (primary N) is 1. The summed E-state index contributed by atoms with van der Waals surface area (Å²) in [5.41, 5.74) is 6.22. The lowest BCUT2D eigenvalue weighted by molar-refractivity contribution is 0.297. The SMILES string of the molecule is Cc1cc(Cl)cc(C)c1OCc1cc(NN)ccn1. The molecule has 0 aliphatic rings. The van der Waals surface area contributed by atoms with Gasteiger partial charge in [-0.3, -0.25) is 10.8 Å². The molecule has 1 heterocycles. The number of nitrogens with one attached hydrogen (secondary N) is 1. The van der Waals surface area contributed by atoms with Crippen molar-refractivity contribution in [3.05, 3.63) is 52.3 Å². The Balaban J connectivity index is 2.14. The van der Waals surface area contributed by atoms with E-state index in [1.54, 1.807) is 12.3 Å². The molecule has 0 unspecified atom stereocenters. The normalized spacial score (nSPS) is 10.3. The number of ether oxygens (including phenoxy) is 1. The van der Waals surface area contributed by atoms with Crippen molar-refractivity contribution in [1.82, 2.24) is 4.98 Å². The van der Waals surface area contributed by atoms with Crippen LogP contribution in [0, 0.1) is 13.8 Å². The van der Waals surface area contributed by atoms with E-state index < -0.39 is 0 Å². The fraction of sp³-hybridized carbons (Fsp3) is 0.214. The highest BCUT2D eigenvalue weighted by molar-refractivity contribution is 6.30. The lowest BCUT2D eigenvalue weighted by Crippen LogP contribution is -2.08. The summed E-state index contributed by atoms with van der Waals surface area (Å²) in [6.07, 6.45) is 1.69. The second-order valence-corrected chi connectivity index (χ2v) is 4.77. The zero-order chi connectivity index (χ0) is 13.8. The molecule has 0 aliphatic carbocycles. The largest absolute Gasteiger partial charge is 0.487 e. The average molecular weight is 278 g/mol. The highest BCUT2D eigenvalue weighted by Crippen LogP contribution is 2.27. The number of hydrogen-bond acceptors (Lipinski definition) is 4. The van der Waals surface area contributed by atoms with Crippen LogP contribution in [-0.4, -0.2) is 4.98 Å². The molecule has 1 aromatic carbocycles. The summed E-state index contributed by atoms with van der Waals surface area (Å²) in [4.78, 5) is 4.23. The summed E-state index contributed by atoms with van der Waals surface area (Å²) in [5, 5.41) is 0.717. The first-order valence-electron chi connectivity index (χ1n) is 5.91. The molecule has 2 rings (SSSR count). The van der Waals surface area contributed by atoms with E-state index in [9.17, 15) is 0 Å². The Bertz CT molecular complexity index is 564. The Labute approximate surface area is 117 Å². The molecule has 19 heavy (non-hydrogen) atoms.